The average molecular weight is 626 g/mol. The van der Waals surface area contributed by atoms with E-state index in [1.165, 1.54) is 128 Å². The molecular formula is C24H52O3Sn2. The Kier molecular flexibility index (Phi) is 28.9. The first kappa shape index (κ1) is 30.5. The summed E-state index contributed by atoms with van der Waals surface area (Å²) >= 11 is -1.71. The summed E-state index contributed by atoms with van der Waals surface area (Å²) in [5.41, 5.74) is 0. The monoisotopic (exact) mass is 628 g/mol. The molecule has 0 amide bonds. The van der Waals surface area contributed by atoms with Gasteiger partial charge in [-0.15, -0.1) is 0 Å². The summed E-state index contributed by atoms with van der Waals surface area (Å²) in [6.45, 7) is 6.28. The van der Waals surface area contributed by atoms with Crippen LogP contribution in [-0.2, 0) is 7.56 Å². The normalized spacial score (nSPS) is 11.6. The van der Waals surface area contributed by atoms with Crippen LogP contribution in [0.15, 0.2) is 0 Å². The van der Waals surface area contributed by atoms with Crippen LogP contribution in [0, 0.1) is 0 Å². The summed E-state index contributed by atoms with van der Waals surface area (Å²) in [7, 11) is 0. The molecule has 0 saturated heterocycles. The summed E-state index contributed by atoms with van der Waals surface area (Å²) in [5.74, 6) is 0. The molecule has 0 aromatic rings. The van der Waals surface area contributed by atoms with Gasteiger partial charge in [-0.2, -0.15) is 0 Å². The molecule has 5 heteroatoms. The minimum Gasteiger partial charge on any atom is -0.0654 e. The van der Waals surface area contributed by atoms with Crippen molar-refractivity contribution in [3.8, 4) is 0 Å². The molecule has 2 radical (unpaired) electrons. The van der Waals surface area contributed by atoms with Crippen molar-refractivity contribution >= 4 is 43.9 Å². The van der Waals surface area contributed by atoms with E-state index in [9.17, 15) is 0 Å². The fraction of sp³-hybridized carbons (Fsp3) is 1.00. The molecule has 0 fully saturated rings. The molecule has 0 rings (SSSR count). The number of hydrogen-bond acceptors (Lipinski definition) is 3. The van der Waals surface area contributed by atoms with Crippen LogP contribution in [0.4, 0.5) is 0 Å². The summed E-state index contributed by atoms with van der Waals surface area (Å²) in [6.07, 6.45) is 27.4. The van der Waals surface area contributed by atoms with Gasteiger partial charge in [0.2, 0.25) is 0 Å². The van der Waals surface area contributed by atoms with Crippen LogP contribution in [0.1, 0.15) is 142 Å². The van der Waals surface area contributed by atoms with E-state index in [0.29, 0.717) is 0 Å². The first-order chi connectivity index (χ1) is 14.3. The molecule has 0 saturated carbocycles. The van der Waals surface area contributed by atoms with Gasteiger partial charge in [0.05, 0.1) is 0 Å². The van der Waals surface area contributed by atoms with E-state index in [1.54, 1.807) is 0 Å². The van der Waals surface area contributed by atoms with Gasteiger partial charge in [-0.3, -0.25) is 0 Å². The van der Waals surface area contributed by atoms with Crippen molar-refractivity contribution in [2.75, 3.05) is 13.2 Å². The van der Waals surface area contributed by atoms with E-state index in [1.807, 2.05) is 0 Å². The summed E-state index contributed by atoms with van der Waals surface area (Å²) in [6, 6.07) is 0. The van der Waals surface area contributed by atoms with Crippen molar-refractivity contribution in [3.05, 3.63) is 0 Å². The van der Waals surface area contributed by atoms with Crippen LogP contribution in [0.2, 0.25) is 0 Å². The quantitative estimate of drug-likeness (QED) is 0.0781. The van der Waals surface area contributed by atoms with E-state index in [4.69, 9.17) is 7.56 Å². The zero-order valence-corrected chi connectivity index (χ0v) is 26.5. The Morgan fingerprint density at radius 2 is 0.724 bits per heavy atom. The Bertz CT molecular complexity index is 267. The Morgan fingerprint density at radius 3 is 1.00 bits per heavy atom. The second-order valence-corrected chi connectivity index (χ2v) is 18.1. The van der Waals surface area contributed by atoms with Crippen LogP contribution in [-0.4, -0.2) is 57.2 Å². The molecule has 3 nitrogen and oxygen atoms in total. The van der Waals surface area contributed by atoms with E-state index in [2.05, 4.69) is 13.8 Å². The van der Waals surface area contributed by atoms with Gasteiger partial charge >= 0.3 is 193 Å². The van der Waals surface area contributed by atoms with Gasteiger partial charge in [-0.1, -0.05) is 13.8 Å². The van der Waals surface area contributed by atoms with Crippen molar-refractivity contribution in [1.29, 1.82) is 0 Å². The molecule has 0 unspecified atom stereocenters. The molecular weight excluding hydrogens is 574 g/mol. The average Bonchev–Trinajstić information content (AvgIpc) is 2.74. The molecule has 0 bridgehead atoms. The van der Waals surface area contributed by atoms with Crippen molar-refractivity contribution < 1.29 is 7.56 Å². The van der Waals surface area contributed by atoms with Gasteiger partial charge in [0.25, 0.3) is 0 Å². The predicted octanol–water partition coefficient (Wildman–Crippen LogP) is 7.41. The molecule has 0 aliphatic rings. The van der Waals surface area contributed by atoms with Gasteiger partial charge < -0.3 is 0 Å². The van der Waals surface area contributed by atoms with Gasteiger partial charge in [-0.25, -0.2) is 0 Å². The van der Waals surface area contributed by atoms with Crippen LogP contribution in [0.25, 0.3) is 0 Å². The van der Waals surface area contributed by atoms with E-state index in [-0.39, 0.29) is 0 Å². The molecule has 0 aromatic heterocycles. The third-order valence-corrected chi connectivity index (χ3v) is 13.4. The SMILES string of the molecule is CCCCCCCCCCCC[O][SnH]([O][SnH])[O]CCCCCCCCCCCC. The van der Waals surface area contributed by atoms with Crippen molar-refractivity contribution in [3.63, 3.8) is 0 Å². The van der Waals surface area contributed by atoms with Gasteiger partial charge in [0.15, 0.2) is 0 Å². The minimum absolute atomic E-state index is 0.822. The van der Waals surface area contributed by atoms with Crippen LogP contribution in [0.5, 0.6) is 0 Å². The predicted molar refractivity (Wildman–Crippen MR) is 131 cm³/mol. The molecule has 0 spiro atoms. The van der Waals surface area contributed by atoms with E-state index < -0.39 is 21.0 Å². The Hall–Kier alpha value is 1.48. The standard InChI is InChI=1S/2C12H25O.O.2Sn.2H/c2*1-2-3-4-5-6-7-8-9-10-11-12-13;;;;;/h2*2-12H2,1H3;;;;;/q2*-1;;;+2;;. The Labute approximate surface area is 205 Å². The Morgan fingerprint density at radius 1 is 0.448 bits per heavy atom. The number of rotatable bonds is 25. The molecule has 0 atom stereocenters. The van der Waals surface area contributed by atoms with Crippen LogP contribution < -0.4 is 0 Å². The van der Waals surface area contributed by atoms with Crippen molar-refractivity contribution in [2.24, 2.45) is 0 Å². The first-order valence-electron chi connectivity index (χ1n) is 12.9. The molecule has 0 N–H and O–H groups in total. The summed E-state index contributed by atoms with van der Waals surface area (Å²) in [4.78, 5) is 0. The zero-order valence-electron chi connectivity index (χ0n) is 19.9. The second kappa shape index (κ2) is 27.5. The fourth-order valence-corrected chi connectivity index (χ4v) is 9.45. The zero-order chi connectivity index (χ0) is 21.3. The van der Waals surface area contributed by atoms with Crippen molar-refractivity contribution in [1.82, 2.24) is 0 Å². The van der Waals surface area contributed by atoms with Gasteiger partial charge in [0.1, 0.15) is 0 Å². The molecule has 0 heterocycles. The molecule has 0 aliphatic heterocycles. The van der Waals surface area contributed by atoms with Gasteiger partial charge in [-0.05, 0) is 0 Å². The van der Waals surface area contributed by atoms with E-state index in [0.717, 1.165) is 36.2 Å². The third kappa shape index (κ3) is 25.6. The minimum atomic E-state index is -2.53. The van der Waals surface area contributed by atoms with Crippen LogP contribution in [0.3, 0.4) is 0 Å². The molecule has 174 valence electrons. The summed E-state index contributed by atoms with van der Waals surface area (Å²) < 4.78 is 17.5. The van der Waals surface area contributed by atoms with Crippen molar-refractivity contribution in [2.45, 2.75) is 142 Å². The summed E-state index contributed by atoms with van der Waals surface area (Å²) in [5, 5.41) is 0. The van der Waals surface area contributed by atoms with E-state index >= 15 is 0 Å². The number of unbranched alkanes of at least 4 members (excludes halogenated alkanes) is 18. The van der Waals surface area contributed by atoms with Crippen LogP contribution >= 0.6 is 0 Å². The second-order valence-electron chi connectivity index (χ2n) is 8.53. The smallest absolute Gasteiger partial charge is 0.0654 e. The Balaban J connectivity index is 3.27. The topological polar surface area (TPSA) is 27.7 Å². The maximum atomic E-state index is 5.95. The number of hydrogen-bond donors (Lipinski definition) is 0. The molecule has 0 aliphatic carbocycles. The first-order valence-corrected chi connectivity index (χ1v) is 18.3. The fourth-order valence-electron chi connectivity index (χ4n) is 3.66. The third-order valence-electron chi connectivity index (χ3n) is 5.61. The molecule has 0 aromatic carbocycles. The maximum absolute atomic E-state index is 5.95. The van der Waals surface area contributed by atoms with Gasteiger partial charge in [0, 0.05) is 0 Å². The molecule has 29 heavy (non-hydrogen) atoms.